The van der Waals surface area contributed by atoms with Gasteiger partial charge in [-0.3, -0.25) is 9.59 Å². The molecule has 0 unspecified atom stereocenters. The third kappa shape index (κ3) is 6.60. The molecule has 2 amide bonds. The van der Waals surface area contributed by atoms with Gasteiger partial charge in [-0.15, -0.1) is 0 Å². The molecule has 1 aromatic heterocycles. The van der Waals surface area contributed by atoms with Crippen molar-refractivity contribution in [3.63, 3.8) is 0 Å². The number of carbonyl (C=O) groups is 2. The van der Waals surface area contributed by atoms with Crippen LogP contribution in [-0.4, -0.2) is 59.4 Å². The van der Waals surface area contributed by atoms with Crippen molar-refractivity contribution < 1.29 is 27.2 Å². The van der Waals surface area contributed by atoms with E-state index < -0.39 is 17.6 Å². The Balaban J connectivity index is 1.26. The van der Waals surface area contributed by atoms with Crippen LogP contribution in [0.15, 0.2) is 60.9 Å². The number of anilines is 1. The highest BCUT2D eigenvalue weighted by molar-refractivity contribution is 5.96. The second kappa shape index (κ2) is 11.4. The highest BCUT2D eigenvalue weighted by Crippen LogP contribution is 2.32. The molecule has 37 heavy (non-hydrogen) atoms. The van der Waals surface area contributed by atoms with Crippen molar-refractivity contribution in [2.45, 2.75) is 19.0 Å². The summed E-state index contributed by atoms with van der Waals surface area (Å²) in [4.78, 5) is 36.8. The van der Waals surface area contributed by atoms with Crippen LogP contribution in [0.2, 0.25) is 0 Å². The summed E-state index contributed by atoms with van der Waals surface area (Å²) in [7, 11) is 0. The molecule has 1 aliphatic heterocycles. The molecule has 3 aromatic rings. The molecule has 4 rings (SSSR count). The summed E-state index contributed by atoms with van der Waals surface area (Å²) < 4.78 is 52.8. The van der Waals surface area contributed by atoms with E-state index in [1.54, 1.807) is 12.1 Å². The molecular formula is C26H25F4N5O2. The maximum absolute atomic E-state index is 13.3. The van der Waals surface area contributed by atoms with Crippen molar-refractivity contribution in [3.05, 3.63) is 89.1 Å². The molecule has 1 fully saturated rings. The number of aryl methyl sites for hydroxylation is 1. The summed E-state index contributed by atoms with van der Waals surface area (Å²) in [5.41, 5.74) is -0.178. The Morgan fingerprint density at radius 2 is 1.62 bits per heavy atom. The van der Waals surface area contributed by atoms with E-state index in [1.165, 1.54) is 47.6 Å². The van der Waals surface area contributed by atoms with Gasteiger partial charge in [0.2, 0.25) is 0 Å². The first-order valence-corrected chi connectivity index (χ1v) is 11.8. The third-order valence-electron chi connectivity index (χ3n) is 6.07. The quantitative estimate of drug-likeness (QED) is 0.381. The molecular weight excluding hydrogens is 490 g/mol. The van der Waals surface area contributed by atoms with E-state index in [0.29, 0.717) is 38.3 Å². The van der Waals surface area contributed by atoms with E-state index in [2.05, 4.69) is 15.3 Å². The highest BCUT2D eigenvalue weighted by Gasteiger charge is 2.36. The molecule has 0 radical (unpaired) electrons. The van der Waals surface area contributed by atoms with Crippen molar-refractivity contribution in [2.75, 3.05) is 37.6 Å². The molecule has 2 aromatic carbocycles. The van der Waals surface area contributed by atoms with Crippen molar-refractivity contribution in [2.24, 2.45) is 0 Å². The lowest BCUT2D eigenvalue weighted by molar-refractivity contribution is -0.138. The number of piperazine rings is 1. The summed E-state index contributed by atoms with van der Waals surface area (Å²) in [5.74, 6) is -0.807. The summed E-state index contributed by atoms with van der Waals surface area (Å²) in [6.45, 7) is 1.60. The van der Waals surface area contributed by atoms with Crippen LogP contribution in [0, 0.1) is 5.82 Å². The lowest BCUT2D eigenvalue weighted by Crippen LogP contribution is -2.49. The lowest BCUT2D eigenvalue weighted by Gasteiger charge is -2.35. The van der Waals surface area contributed by atoms with Gasteiger partial charge in [-0.1, -0.05) is 24.3 Å². The Labute approximate surface area is 211 Å². The Kier molecular flexibility index (Phi) is 8.00. The number of amides is 2. The highest BCUT2D eigenvalue weighted by atomic mass is 19.4. The van der Waals surface area contributed by atoms with Crippen LogP contribution in [0.25, 0.3) is 0 Å². The van der Waals surface area contributed by atoms with E-state index in [-0.39, 0.29) is 36.1 Å². The van der Waals surface area contributed by atoms with Gasteiger partial charge in [-0.05, 0) is 42.7 Å². The molecule has 2 heterocycles. The number of carbonyl (C=O) groups excluding carboxylic acids is 2. The lowest BCUT2D eigenvalue weighted by atomic mass is 10.1. The summed E-state index contributed by atoms with van der Waals surface area (Å²) in [6.07, 6.45) is -0.410. The number of aromatic nitrogens is 2. The number of alkyl halides is 3. The minimum absolute atomic E-state index is 0.156. The molecule has 1 N–H and O–H groups in total. The fraction of sp³-hybridized carbons (Fsp3) is 0.308. The minimum Gasteiger partial charge on any atom is -0.352 e. The van der Waals surface area contributed by atoms with Gasteiger partial charge >= 0.3 is 6.18 Å². The fourth-order valence-electron chi connectivity index (χ4n) is 4.06. The van der Waals surface area contributed by atoms with Crippen molar-refractivity contribution in [1.82, 2.24) is 20.2 Å². The van der Waals surface area contributed by atoms with E-state index in [0.717, 1.165) is 11.6 Å². The number of hydrogen-bond donors (Lipinski definition) is 1. The molecule has 1 saturated heterocycles. The Hall–Kier alpha value is -4.02. The van der Waals surface area contributed by atoms with Crippen LogP contribution in [-0.2, 0) is 12.6 Å². The molecule has 0 atom stereocenters. The van der Waals surface area contributed by atoms with Crippen LogP contribution in [0.1, 0.15) is 38.4 Å². The zero-order valence-corrected chi connectivity index (χ0v) is 19.8. The summed E-state index contributed by atoms with van der Waals surface area (Å²) in [5, 5.41) is 2.78. The molecule has 7 nitrogen and oxygen atoms in total. The third-order valence-corrected chi connectivity index (χ3v) is 6.07. The van der Waals surface area contributed by atoms with Crippen LogP contribution >= 0.6 is 0 Å². The first-order valence-electron chi connectivity index (χ1n) is 11.8. The minimum atomic E-state index is -4.61. The average molecular weight is 516 g/mol. The van der Waals surface area contributed by atoms with E-state index in [4.69, 9.17) is 0 Å². The van der Waals surface area contributed by atoms with Crippen LogP contribution in [0.4, 0.5) is 23.4 Å². The molecule has 194 valence electrons. The number of halogens is 4. The molecule has 0 spiro atoms. The second-order valence-corrected chi connectivity index (χ2v) is 8.57. The Morgan fingerprint density at radius 1 is 0.919 bits per heavy atom. The number of hydrogen-bond acceptors (Lipinski definition) is 5. The molecule has 1 aliphatic rings. The van der Waals surface area contributed by atoms with Crippen molar-refractivity contribution >= 4 is 17.6 Å². The first-order chi connectivity index (χ1) is 17.7. The maximum Gasteiger partial charge on any atom is 0.417 e. The Morgan fingerprint density at radius 3 is 2.27 bits per heavy atom. The SMILES string of the molecule is O=C(NCCCc1ccc(F)cc1)c1cnc(N2CCN(C(=O)c3ccccc3C(F)(F)F)CC2)cn1. The number of nitrogens with one attached hydrogen (secondary N) is 1. The van der Waals surface area contributed by atoms with Gasteiger partial charge in [-0.25, -0.2) is 14.4 Å². The molecule has 0 saturated carbocycles. The number of nitrogens with zero attached hydrogens (tertiary/aromatic N) is 4. The normalized spacial score (nSPS) is 13.9. The zero-order chi connectivity index (χ0) is 26.4. The van der Waals surface area contributed by atoms with Crippen LogP contribution in [0.3, 0.4) is 0 Å². The maximum atomic E-state index is 13.3. The van der Waals surface area contributed by atoms with Gasteiger partial charge in [-0.2, -0.15) is 13.2 Å². The van der Waals surface area contributed by atoms with Gasteiger partial charge in [0.25, 0.3) is 11.8 Å². The van der Waals surface area contributed by atoms with Gasteiger partial charge in [0.15, 0.2) is 0 Å². The van der Waals surface area contributed by atoms with E-state index in [1.807, 2.05) is 4.90 Å². The zero-order valence-electron chi connectivity index (χ0n) is 19.8. The first kappa shape index (κ1) is 26.1. The van der Waals surface area contributed by atoms with Gasteiger partial charge in [0.05, 0.1) is 23.5 Å². The van der Waals surface area contributed by atoms with Crippen molar-refractivity contribution in [3.8, 4) is 0 Å². The predicted molar refractivity (Wildman–Crippen MR) is 129 cm³/mol. The standard InChI is InChI=1S/C26H25F4N5O2/c27-19-9-7-18(8-10-19)4-3-11-31-24(36)22-16-33-23(17-32-22)34-12-14-35(15-13-34)25(37)20-5-1-2-6-21(20)26(28,29)30/h1-2,5-10,16-17H,3-4,11-15H2,(H,31,36). The Bertz CT molecular complexity index is 1220. The topological polar surface area (TPSA) is 78.4 Å². The summed E-state index contributed by atoms with van der Waals surface area (Å²) >= 11 is 0. The molecule has 0 bridgehead atoms. The van der Waals surface area contributed by atoms with Gasteiger partial charge < -0.3 is 15.1 Å². The van der Waals surface area contributed by atoms with E-state index in [9.17, 15) is 27.2 Å². The van der Waals surface area contributed by atoms with Gasteiger partial charge in [0.1, 0.15) is 17.3 Å². The number of rotatable bonds is 7. The number of benzene rings is 2. The monoisotopic (exact) mass is 515 g/mol. The van der Waals surface area contributed by atoms with Crippen LogP contribution < -0.4 is 10.2 Å². The average Bonchev–Trinajstić information content (AvgIpc) is 2.91. The van der Waals surface area contributed by atoms with Crippen molar-refractivity contribution in [1.29, 1.82) is 0 Å². The van der Waals surface area contributed by atoms with Gasteiger partial charge in [0, 0.05) is 32.7 Å². The molecule has 11 heteroatoms. The largest absolute Gasteiger partial charge is 0.417 e. The van der Waals surface area contributed by atoms with E-state index >= 15 is 0 Å². The predicted octanol–water partition coefficient (Wildman–Crippen LogP) is 3.96. The molecule has 0 aliphatic carbocycles. The fourth-order valence-corrected chi connectivity index (χ4v) is 4.06. The second-order valence-electron chi connectivity index (χ2n) is 8.57. The van der Waals surface area contributed by atoms with Crippen LogP contribution in [0.5, 0.6) is 0 Å². The smallest absolute Gasteiger partial charge is 0.352 e. The summed E-state index contributed by atoms with van der Waals surface area (Å²) in [6, 6.07) is 11.0.